The Morgan fingerprint density at radius 1 is 1.10 bits per heavy atom. The maximum Gasteiger partial charge on any atom is 0.290 e. The number of carboxylic acids is 1. The van der Waals surface area contributed by atoms with Crippen molar-refractivity contribution in [3.63, 3.8) is 0 Å². The molecule has 1 heterocycles. The highest BCUT2D eigenvalue weighted by atomic mass is 16.5. The van der Waals surface area contributed by atoms with Crippen molar-refractivity contribution in [2.24, 2.45) is 11.8 Å². The van der Waals surface area contributed by atoms with E-state index in [1.54, 1.807) is 7.11 Å². The number of amides is 1. The topological polar surface area (TPSA) is 86.7 Å². The van der Waals surface area contributed by atoms with Gasteiger partial charge in [-0.3, -0.25) is 9.59 Å². The maximum atomic E-state index is 12.9. The zero-order valence-electron chi connectivity index (χ0n) is 18.7. The van der Waals surface area contributed by atoms with E-state index in [0.29, 0.717) is 12.8 Å². The monoisotopic (exact) mass is 428 g/mol. The SMILES string of the molecule is CCCC(c1ccc(OC)cc1)C1CCN(C(=O)C(=O)C2CCCCC2)C(C(=O)[O-])C1. The molecule has 0 spiro atoms. The summed E-state index contributed by atoms with van der Waals surface area (Å²) in [6, 6.07) is 6.89. The molecule has 2 fully saturated rings. The number of ether oxygens (including phenoxy) is 1. The number of carboxylic acid groups (broad SMARTS) is 1. The molecule has 0 radical (unpaired) electrons. The molecule has 0 N–H and O–H groups in total. The summed E-state index contributed by atoms with van der Waals surface area (Å²) in [5.41, 5.74) is 1.16. The highest BCUT2D eigenvalue weighted by Crippen LogP contribution is 2.39. The third kappa shape index (κ3) is 5.46. The molecule has 1 saturated carbocycles. The molecule has 1 aliphatic heterocycles. The van der Waals surface area contributed by atoms with Gasteiger partial charge in [0, 0.05) is 12.5 Å². The lowest BCUT2D eigenvalue weighted by Gasteiger charge is -2.42. The summed E-state index contributed by atoms with van der Waals surface area (Å²) in [4.78, 5) is 38.9. The van der Waals surface area contributed by atoms with Crippen LogP contribution in [-0.2, 0) is 14.4 Å². The smallest absolute Gasteiger partial charge is 0.290 e. The Morgan fingerprint density at radius 3 is 2.35 bits per heavy atom. The number of methoxy groups -OCH3 is 1. The summed E-state index contributed by atoms with van der Waals surface area (Å²) in [5.74, 6) is -1.46. The van der Waals surface area contributed by atoms with E-state index in [0.717, 1.165) is 56.3 Å². The van der Waals surface area contributed by atoms with Gasteiger partial charge in [-0.1, -0.05) is 44.7 Å². The van der Waals surface area contributed by atoms with Gasteiger partial charge in [-0.05, 0) is 61.6 Å². The molecule has 3 rings (SSSR count). The standard InChI is InChI=1S/C25H35NO5/c1-3-7-21(17-10-12-20(31-2)13-11-17)19-14-15-26(22(16-19)25(29)30)24(28)23(27)18-8-5-4-6-9-18/h10-13,18-19,21-22H,3-9,14-16H2,1-2H3,(H,29,30)/p-1. The fraction of sp³-hybridized carbons (Fsp3) is 0.640. The number of benzene rings is 1. The number of hydrogen-bond acceptors (Lipinski definition) is 5. The van der Waals surface area contributed by atoms with E-state index in [1.807, 2.05) is 24.3 Å². The predicted octanol–water partition coefficient (Wildman–Crippen LogP) is 3.09. The van der Waals surface area contributed by atoms with Gasteiger partial charge in [-0.2, -0.15) is 0 Å². The van der Waals surface area contributed by atoms with Crippen LogP contribution >= 0.6 is 0 Å². The fourth-order valence-electron chi connectivity index (χ4n) is 5.34. The molecule has 1 saturated heterocycles. The third-order valence-corrected chi connectivity index (χ3v) is 7.08. The van der Waals surface area contributed by atoms with E-state index >= 15 is 0 Å². The lowest BCUT2D eigenvalue weighted by Crippen LogP contribution is -2.57. The molecular weight excluding hydrogens is 394 g/mol. The van der Waals surface area contributed by atoms with Crippen LogP contribution in [0.15, 0.2) is 24.3 Å². The Labute approximate surface area is 185 Å². The van der Waals surface area contributed by atoms with E-state index in [4.69, 9.17) is 4.74 Å². The maximum absolute atomic E-state index is 12.9. The van der Waals surface area contributed by atoms with Crippen molar-refractivity contribution in [2.75, 3.05) is 13.7 Å². The summed E-state index contributed by atoms with van der Waals surface area (Å²) in [5, 5.41) is 12.0. The largest absolute Gasteiger partial charge is 0.548 e. The number of carbonyl (C=O) groups is 3. The Bertz CT molecular complexity index is 769. The van der Waals surface area contributed by atoms with Crippen molar-refractivity contribution in [3.05, 3.63) is 29.8 Å². The molecule has 3 unspecified atom stereocenters. The Balaban J connectivity index is 1.74. The van der Waals surface area contributed by atoms with Gasteiger partial charge in [-0.15, -0.1) is 0 Å². The van der Waals surface area contributed by atoms with Crippen molar-refractivity contribution in [2.45, 2.75) is 76.7 Å². The number of carbonyl (C=O) groups excluding carboxylic acids is 3. The van der Waals surface area contributed by atoms with Gasteiger partial charge < -0.3 is 19.5 Å². The lowest BCUT2D eigenvalue weighted by atomic mass is 9.75. The second kappa shape index (κ2) is 10.8. The molecule has 1 amide bonds. The van der Waals surface area contributed by atoms with Crippen molar-refractivity contribution in [3.8, 4) is 5.75 Å². The predicted molar refractivity (Wildman–Crippen MR) is 115 cm³/mol. The molecule has 0 aromatic heterocycles. The summed E-state index contributed by atoms with van der Waals surface area (Å²) < 4.78 is 5.25. The van der Waals surface area contributed by atoms with Gasteiger partial charge in [0.15, 0.2) is 0 Å². The van der Waals surface area contributed by atoms with Crippen LogP contribution in [0.2, 0.25) is 0 Å². The fourth-order valence-corrected chi connectivity index (χ4v) is 5.34. The van der Waals surface area contributed by atoms with E-state index in [2.05, 4.69) is 6.92 Å². The molecule has 2 aliphatic rings. The van der Waals surface area contributed by atoms with Crippen LogP contribution in [0.3, 0.4) is 0 Å². The van der Waals surface area contributed by atoms with Crippen molar-refractivity contribution in [1.29, 1.82) is 0 Å². The summed E-state index contributed by atoms with van der Waals surface area (Å²) in [7, 11) is 1.63. The van der Waals surface area contributed by atoms with Crippen molar-refractivity contribution >= 4 is 17.7 Å². The minimum Gasteiger partial charge on any atom is -0.548 e. The van der Waals surface area contributed by atoms with Gasteiger partial charge in [0.1, 0.15) is 5.75 Å². The molecule has 6 heteroatoms. The number of nitrogens with zero attached hydrogens (tertiary/aromatic N) is 1. The minimum absolute atomic E-state index is 0.116. The molecular formula is C25H34NO5-. The minimum atomic E-state index is -1.26. The summed E-state index contributed by atoms with van der Waals surface area (Å²) >= 11 is 0. The highest BCUT2D eigenvalue weighted by Gasteiger charge is 2.39. The number of piperidine rings is 1. The molecule has 3 atom stereocenters. The third-order valence-electron chi connectivity index (χ3n) is 7.08. The van der Waals surface area contributed by atoms with Crippen LogP contribution < -0.4 is 9.84 Å². The number of rotatable bonds is 8. The first kappa shape index (κ1) is 23.3. The molecule has 170 valence electrons. The van der Waals surface area contributed by atoms with E-state index < -0.39 is 23.7 Å². The summed E-state index contributed by atoms with van der Waals surface area (Å²) in [6.45, 7) is 2.41. The van der Waals surface area contributed by atoms with Crippen molar-refractivity contribution < 1.29 is 24.2 Å². The molecule has 1 aromatic carbocycles. The van der Waals surface area contributed by atoms with Gasteiger partial charge in [0.25, 0.3) is 5.91 Å². The normalized spacial score (nSPS) is 23.2. The lowest BCUT2D eigenvalue weighted by molar-refractivity contribution is -0.312. The molecule has 31 heavy (non-hydrogen) atoms. The quantitative estimate of drug-likeness (QED) is 0.594. The van der Waals surface area contributed by atoms with Crippen LogP contribution in [0.5, 0.6) is 5.75 Å². The second-order valence-electron chi connectivity index (χ2n) is 8.99. The molecule has 6 nitrogen and oxygen atoms in total. The number of likely N-dealkylation sites (tertiary alicyclic amines) is 1. The number of Topliss-reactive ketones (excluding diaryl/α,β-unsaturated/α-hetero) is 1. The van der Waals surface area contributed by atoms with Gasteiger partial charge in [0.05, 0.1) is 19.1 Å². The molecule has 1 aliphatic carbocycles. The van der Waals surface area contributed by atoms with Gasteiger partial charge >= 0.3 is 0 Å². The van der Waals surface area contributed by atoms with Crippen LogP contribution in [0.4, 0.5) is 0 Å². The van der Waals surface area contributed by atoms with Crippen LogP contribution in [0.25, 0.3) is 0 Å². The summed E-state index contributed by atoms with van der Waals surface area (Å²) in [6.07, 6.45) is 7.38. The number of aliphatic carboxylic acids is 1. The van der Waals surface area contributed by atoms with Gasteiger partial charge in [0.2, 0.25) is 5.78 Å². The first-order valence-corrected chi connectivity index (χ1v) is 11.7. The van der Waals surface area contributed by atoms with E-state index in [-0.39, 0.29) is 24.3 Å². The number of ketones is 1. The van der Waals surface area contributed by atoms with E-state index in [9.17, 15) is 19.5 Å². The second-order valence-corrected chi connectivity index (χ2v) is 8.99. The molecule has 0 bridgehead atoms. The Kier molecular flexibility index (Phi) is 8.10. The average molecular weight is 429 g/mol. The van der Waals surface area contributed by atoms with Gasteiger partial charge in [-0.25, -0.2) is 0 Å². The van der Waals surface area contributed by atoms with Crippen LogP contribution in [-0.4, -0.2) is 42.3 Å². The van der Waals surface area contributed by atoms with Crippen LogP contribution in [0, 0.1) is 11.8 Å². The Morgan fingerprint density at radius 2 is 1.77 bits per heavy atom. The van der Waals surface area contributed by atoms with E-state index in [1.165, 1.54) is 4.90 Å². The Hall–Kier alpha value is -2.37. The zero-order valence-corrected chi connectivity index (χ0v) is 18.7. The first-order valence-electron chi connectivity index (χ1n) is 11.7. The molecule has 1 aromatic rings. The van der Waals surface area contributed by atoms with Crippen molar-refractivity contribution in [1.82, 2.24) is 4.90 Å². The van der Waals surface area contributed by atoms with Crippen LogP contribution in [0.1, 0.15) is 76.2 Å². The highest BCUT2D eigenvalue weighted by molar-refractivity contribution is 6.37. The zero-order chi connectivity index (χ0) is 22.4. The average Bonchev–Trinajstić information content (AvgIpc) is 2.82. The number of hydrogen-bond donors (Lipinski definition) is 0. The first-order chi connectivity index (χ1) is 15.0.